The van der Waals surface area contributed by atoms with Crippen LogP contribution in [0.2, 0.25) is 0 Å². The Labute approximate surface area is 170 Å². The molecule has 0 bridgehead atoms. The molecule has 142 valence electrons. The smallest absolute Gasteiger partial charge is 0.193 e. The van der Waals surface area contributed by atoms with Crippen LogP contribution in [0.25, 0.3) is 0 Å². The largest absolute Gasteiger partial charge is 0.370 e. The number of unbranched alkanes of at least 4 members (excludes halogenated alkanes) is 1. The van der Waals surface area contributed by atoms with Crippen LogP contribution in [0.1, 0.15) is 45.6 Å². The van der Waals surface area contributed by atoms with E-state index in [1.54, 1.807) is 0 Å². The number of piperidine rings is 1. The molecule has 0 saturated carbocycles. The molecule has 1 aliphatic heterocycles. The number of rotatable bonds is 7. The van der Waals surface area contributed by atoms with Crippen molar-refractivity contribution in [3.63, 3.8) is 0 Å². The molecule has 2 atom stereocenters. The number of hydrogen-bond donors (Lipinski definition) is 2. The van der Waals surface area contributed by atoms with Gasteiger partial charge in [0.25, 0.3) is 0 Å². The van der Waals surface area contributed by atoms with Gasteiger partial charge < -0.3 is 16.0 Å². The number of guanidine groups is 1. The van der Waals surface area contributed by atoms with Gasteiger partial charge >= 0.3 is 0 Å². The summed E-state index contributed by atoms with van der Waals surface area (Å²) in [6, 6.07) is 8.35. The highest BCUT2D eigenvalue weighted by molar-refractivity contribution is 14.0. The minimum atomic E-state index is 0. The molecule has 0 radical (unpaired) electrons. The third kappa shape index (κ3) is 8.40. The Kier molecular flexibility index (Phi) is 10.4. The maximum Gasteiger partial charge on any atom is 0.193 e. The minimum Gasteiger partial charge on any atom is -0.370 e. The second-order valence-electron chi connectivity index (χ2n) is 7.36. The standard InChI is InChI=1S/C20H34N4.HI/c1-4-18-7-9-19(10-8-18)23-20(21)22-11-5-6-12-24-14-16(2)13-17(3)15-24;/h7-10,16-17H,4-6,11-15H2,1-3H3,(H3,21,22,23);1H. The maximum absolute atomic E-state index is 5.97. The predicted molar refractivity (Wildman–Crippen MR) is 120 cm³/mol. The van der Waals surface area contributed by atoms with Crippen LogP contribution in [0.3, 0.4) is 0 Å². The van der Waals surface area contributed by atoms with Gasteiger partial charge in [-0.3, -0.25) is 4.99 Å². The van der Waals surface area contributed by atoms with Gasteiger partial charge in [0.15, 0.2) is 5.96 Å². The number of benzene rings is 1. The van der Waals surface area contributed by atoms with Crippen molar-refractivity contribution < 1.29 is 0 Å². The van der Waals surface area contributed by atoms with E-state index in [0.717, 1.165) is 36.9 Å². The monoisotopic (exact) mass is 458 g/mol. The molecule has 1 heterocycles. The fourth-order valence-electron chi connectivity index (χ4n) is 3.63. The Balaban J connectivity index is 0.00000312. The fraction of sp³-hybridized carbons (Fsp3) is 0.650. The van der Waals surface area contributed by atoms with E-state index in [4.69, 9.17) is 5.73 Å². The van der Waals surface area contributed by atoms with Crippen LogP contribution in [-0.4, -0.2) is 37.0 Å². The van der Waals surface area contributed by atoms with Crippen LogP contribution in [0, 0.1) is 11.8 Å². The summed E-state index contributed by atoms with van der Waals surface area (Å²) in [7, 11) is 0. The first-order valence-electron chi connectivity index (χ1n) is 9.45. The molecule has 0 aromatic heterocycles. The van der Waals surface area contributed by atoms with Crippen molar-refractivity contribution in [2.45, 2.75) is 46.5 Å². The van der Waals surface area contributed by atoms with E-state index in [2.05, 4.69) is 60.2 Å². The Bertz CT molecular complexity index is 505. The number of halogens is 1. The zero-order chi connectivity index (χ0) is 17.4. The zero-order valence-electron chi connectivity index (χ0n) is 16.0. The summed E-state index contributed by atoms with van der Waals surface area (Å²) in [6.45, 7) is 11.4. The Morgan fingerprint density at radius 2 is 1.80 bits per heavy atom. The van der Waals surface area contributed by atoms with Gasteiger partial charge in [-0.05, 0) is 61.8 Å². The molecule has 0 aliphatic carbocycles. The topological polar surface area (TPSA) is 53.6 Å². The third-order valence-corrected chi connectivity index (χ3v) is 4.74. The molecule has 1 aromatic rings. The van der Waals surface area contributed by atoms with E-state index in [9.17, 15) is 0 Å². The van der Waals surface area contributed by atoms with Crippen molar-refractivity contribution in [2.75, 3.05) is 31.5 Å². The van der Waals surface area contributed by atoms with Crippen molar-refractivity contribution in [3.05, 3.63) is 29.8 Å². The first kappa shape index (κ1) is 22.2. The Hall–Kier alpha value is -0.820. The molecule has 1 aliphatic rings. The first-order chi connectivity index (χ1) is 11.6. The van der Waals surface area contributed by atoms with Crippen LogP contribution >= 0.6 is 24.0 Å². The summed E-state index contributed by atoms with van der Waals surface area (Å²) < 4.78 is 0. The molecule has 0 spiro atoms. The van der Waals surface area contributed by atoms with Gasteiger partial charge in [0, 0.05) is 25.3 Å². The molecular formula is C20H35IN4. The molecule has 1 fully saturated rings. The molecule has 3 N–H and O–H groups in total. The maximum atomic E-state index is 5.97. The van der Waals surface area contributed by atoms with Crippen molar-refractivity contribution in [1.82, 2.24) is 4.90 Å². The van der Waals surface area contributed by atoms with E-state index >= 15 is 0 Å². The van der Waals surface area contributed by atoms with Crippen LogP contribution in [0.5, 0.6) is 0 Å². The van der Waals surface area contributed by atoms with Gasteiger partial charge in [-0.2, -0.15) is 0 Å². The average Bonchev–Trinajstić information content (AvgIpc) is 2.54. The highest BCUT2D eigenvalue weighted by atomic mass is 127. The van der Waals surface area contributed by atoms with Crippen LogP contribution in [-0.2, 0) is 6.42 Å². The SMILES string of the molecule is CCc1ccc(NC(N)=NCCCCN2CC(C)CC(C)C2)cc1.I. The van der Waals surface area contributed by atoms with Gasteiger partial charge in [0.2, 0.25) is 0 Å². The number of aliphatic imine (C=N–C) groups is 1. The highest BCUT2D eigenvalue weighted by Gasteiger charge is 2.20. The number of nitrogens with one attached hydrogen (secondary N) is 1. The van der Waals surface area contributed by atoms with Crippen molar-refractivity contribution in [1.29, 1.82) is 0 Å². The molecule has 1 saturated heterocycles. The van der Waals surface area contributed by atoms with Crippen LogP contribution < -0.4 is 11.1 Å². The number of anilines is 1. The van der Waals surface area contributed by atoms with Crippen molar-refractivity contribution >= 4 is 35.6 Å². The average molecular weight is 458 g/mol. The van der Waals surface area contributed by atoms with E-state index in [0.29, 0.717) is 5.96 Å². The summed E-state index contributed by atoms with van der Waals surface area (Å²) in [6.07, 6.45) is 4.72. The van der Waals surface area contributed by atoms with E-state index in [1.165, 1.54) is 38.0 Å². The van der Waals surface area contributed by atoms with Crippen molar-refractivity contribution in [3.8, 4) is 0 Å². The second-order valence-corrected chi connectivity index (χ2v) is 7.36. The molecule has 2 unspecified atom stereocenters. The number of nitrogens with zero attached hydrogens (tertiary/aromatic N) is 2. The number of hydrogen-bond acceptors (Lipinski definition) is 2. The van der Waals surface area contributed by atoms with Gasteiger partial charge in [0.1, 0.15) is 0 Å². The van der Waals surface area contributed by atoms with Crippen molar-refractivity contribution in [2.24, 2.45) is 22.6 Å². The Morgan fingerprint density at radius 1 is 1.16 bits per heavy atom. The summed E-state index contributed by atoms with van der Waals surface area (Å²) in [4.78, 5) is 7.05. The number of likely N-dealkylation sites (tertiary alicyclic amines) is 1. The van der Waals surface area contributed by atoms with Gasteiger partial charge in [-0.1, -0.05) is 32.9 Å². The molecule has 25 heavy (non-hydrogen) atoms. The molecule has 2 rings (SSSR count). The van der Waals surface area contributed by atoms with Gasteiger partial charge in [-0.25, -0.2) is 0 Å². The normalized spacial score (nSPS) is 21.6. The van der Waals surface area contributed by atoms with Crippen LogP contribution in [0.15, 0.2) is 29.3 Å². The zero-order valence-corrected chi connectivity index (χ0v) is 18.3. The van der Waals surface area contributed by atoms with E-state index in [-0.39, 0.29) is 24.0 Å². The fourth-order valence-corrected chi connectivity index (χ4v) is 3.63. The predicted octanol–water partition coefficient (Wildman–Crippen LogP) is 4.35. The summed E-state index contributed by atoms with van der Waals surface area (Å²) in [5.41, 5.74) is 8.30. The quantitative estimate of drug-likeness (QED) is 0.277. The lowest BCUT2D eigenvalue weighted by atomic mass is 9.92. The van der Waals surface area contributed by atoms with E-state index in [1.807, 2.05) is 0 Å². The first-order valence-corrected chi connectivity index (χ1v) is 9.45. The number of aryl methyl sites for hydroxylation is 1. The molecule has 4 nitrogen and oxygen atoms in total. The number of nitrogens with two attached hydrogens (primary N) is 1. The van der Waals surface area contributed by atoms with E-state index < -0.39 is 0 Å². The summed E-state index contributed by atoms with van der Waals surface area (Å²) in [5.74, 6) is 2.19. The lowest BCUT2D eigenvalue weighted by Gasteiger charge is -2.34. The second kappa shape index (κ2) is 11.7. The third-order valence-electron chi connectivity index (χ3n) is 4.74. The minimum absolute atomic E-state index is 0. The lowest BCUT2D eigenvalue weighted by Crippen LogP contribution is -2.39. The highest BCUT2D eigenvalue weighted by Crippen LogP contribution is 2.21. The van der Waals surface area contributed by atoms with Crippen LogP contribution in [0.4, 0.5) is 5.69 Å². The summed E-state index contributed by atoms with van der Waals surface area (Å²) in [5, 5.41) is 3.16. The lowest BCUT2D eigenvalue weighted by molar-refractivity contribution is 0.139. The molecule has 5 heteroatoms. The van der Waals surface area contributed by atoms with Gasteiger partial charge in [-0.15, -0.1) is 24.0 Å². The van der Waals surface area contributed by atoms with Gasteiger partial charge in [0.05, 0.1) is 0 Å². The molecular weight excluding hydrogens is 423 g/mol. The molecule has 1 aromatic carbocycles. The Morgan fingerprint density at radius 3 is 2.40 bits per heavy atom. The summed E-state index contributed by atoms with van der Waals surface area (Å²) >= 11 is 0. The molecule has 0 amide bonds.